The lowest BCUT2D eigenvalue weighted by molar-refractivity contribution is 0.153. The van der Waals surface area contributed by atoms with Crippen LogP contribution in [0.3, 0.4) is 0 Å². The van der Waals surface area contributed by atoms with Gasteiger partial charge in [0, 0.05) is 54.1 Å². The number of H-pyrrole nitrogens is 1. The molecule has 5 heterocycles. The van der Waals surface area contributed by atoms with E-state index in [1.807, 2.05) is 6.20 Å². The van der Waals surface area contributed by atoms with E-state index in [4.69, 9.17) is 5.10 Å². The Kier molecular flexibility index (Phi) is 3.76. The van der Waals surface area contributed by atoms with Crippen molar-refractivity contribution in [3.8, 4) is 11.3 Å². The van der Waals surface area contributed by atoms with Crippen molar-refractivity contribution >= 4 is 17.1 Å². The zero-order valence-corrected chi connectivity index (χ0v) is 16.3. The normalized spacial score (nSPS) is 22.3. The van der Waals surface area contributed by atoms with Crippen LogP contribution in [-0.2, 0) is 12.0 Å². The molecule has 7 nitrogen and oxygen atoms in total. The third-order valence-electron chi connectivity index (χ3n) is 6.75. The third kappa shape index (κ3) is 2.45. The van der Waals surface area contributed by atoms with E-state index in [2.05, 4.69) is 46.8 Å². The van der Waals surface area contributed by atoms with Crippen LogP contribution in [0.2, 0.25) is 0 Å². The molecule has 146 valence electrons. The highest BCUT2D eigenvalue weighted by molar-refractivity contribution is 5.84. The van der Waals surface area contributed by atoms with Crippen LogP contribution < -0.4 is 0 Å². The number of nitrogens with one attached hydrogen (secondary N) is 1. The molecule has 7 heteroatoms. The van der Waals surface area contributed by atoms with Gasteiger partial charge in [0.05, 0.1) is 5.69 Å². The fraction of sp³-hybridized carbons (Fsp3) is 0.476. The molecule has 2 atom stereocenters. The predicted molar refractivity (Wildman–Crippen MR) is 107 cm³/mol. The summed E-state index contributed by atoms with van der Waals surface area (Å²) in [5.41, 5.74) is 5.23. The summed E-state index contributed by atoms with van der Waals surface area (Å²) in [5.74, 6) is 0.474. The Morgan fingerprint density at radius 1 is 1.36 bits per heavy atom. The highest BCUT2D eigenvalue weighted by Gasteiger charge is 2.47. The highest BCUT2D eigenvalue weighted by atomic mass is 16.4. The van der Waals surface area contributed by atoms with Gasteiger partial charge in [0.25, 0.3) is 0 Å². The van der Waals surface area contributed by atoms with Crippen LogP contribution in [0, 0.1) is 0 Å². The molecule has 1 amide bonds. The second-order valence-electron chi connectivity index (χ2n) is 8.30. The van der Waals surface area contributed by atoms with Gasteiger partial charge in [-0.05, 0) is 42.9 Å². The molecule has 28 heavy (non-hydrogen) atoms. The number of carboxylic acid groups (broad SMARTS) is 1. The molecular weight excluding hydrogens is 354 g/mol. The van der Waals surface area contributed by atoms with Gasteiger partial charge in [0.15, 0.2) is 0 Å². The fourth-order valence-corrected chi connectivity index (χ4v) is 4.84. The smallest absolute Gasteiger partial charge is 0.407 e. The Labute approximate surface area is 163 Å². The van der Waals surface area contributed by atoms with Gasteiger partial charge in [0.1, 0.15) is 5.65 Å². The van der Waals surface area contributed by atoms with Crippen molar-refractivity contribution in [1.29, 1.82) is 0 Å². The maximum atomic E-state index is 11.4. The summed E-state index contributed by atoms with van der Waals surface area (Å²) in [4.78, 5) is 20.8. The van der Waals surface area contributed by atoms with Crippen LogP contribution in [0.25, 0.3) is 22.3 Å². The van der Waals surface area contributed by atoms with Crippen LogP contribution in [0.1, 0.15) is 50.3 Å². The number of nitrogens with zero attached hydrogens (tertiary/aromatic N) is 4. The molecule has 0 radical (unpaired) electrons. The van der Waals surface area contributed by atoms with E-state index < -0.39 is 6.09 Å². The molecule has 2 N–H and O–H groups in total. The van der Waals surface area contributed by atoms with Gasteiger partial charge in [-0.1, -0.05) is 13.8 Å². The topological polar surface area (TPSA) is 87.0 Å². The average Bonchev–Trinajstić information content (AvgIpc) is 3.45. The molecule has 3 aromatic rings. The van der Waals surface area contributed by atoms with Gasteiger partial charge < -0.3 is 15.0 Å². The van der Waals surface area contributed by atoms with Gasteiger partial charge >= 0.3 is 6.09 Å². The number of hydrogen-bond donors (Lipinski definition) is 2. The number of hydrogen-bond acceptors (Lipinski definition) is 3. The Bertz CT molecular complexity index is 1070. The quantitative estimate of drug-likeness (QED) is 0.721. The molecular formula is C21H25N5O2. The van der Waals surface area contributed by atoms with Crippen LogP contribution >= 0.6 is 0 Å². The van der Waals surface area contributed by atoms with Crippen LogP contribution in [0.5, 0.6) is 0 Å². The van der Waals surface area contributed by atoms with Crippen molar-refractivity contribution in [1.82, 2.24) is 24.6 Å². The minimum Gasteiger partial charge on any atom is -0.465 e. The molecule has 5 rings (SSSR count). The Morgan fingerprint density at radius 3 is 2.93 bits per heavy atom. The third-order valence-corrected chi connectivity index (χ3v) is 6.75. The van der Waals surface area contributed by atoms with Crippen molar-refractivity contribution in [3.63, 3.8) is 0 Å². The highest BCUT2D eigenvalue weighted by Crippen LogP contribution is 2.44. The summed E-state index contributed by atoms with van der Waals surface area (Å²) >= 11 is 0. The maximum absolute atomic E-state index is 11.4. The Morgan fingerprint density at radius 2 is 2.18 bits per heavy atom. The Balaban J connectivity index is 1.52. The summed E-state index contributed by atoms with van der Waals surface area (Å²) in [6.07, 6.45) is 6.04. The molecule has 2 unspecified atom stereocenters. The van der Waals surface area contributed by atoms with Crippen molar-refractivity contribution in [2.24, 2.45) is 0 Å². The first-order chi connectivity index (χ1) is 13.5. The minimum atomic E-state index is -0.824. The molecule has 0 aliphatic carbocycles. The molecule has 0 bridgehead atoms. The van der Waals surface area contributed by atoms with Gasteiger partial charge in [-0.2, -0.15) is 5.10 Å². The van der Waals surface area contributed by atoms with Crippen LogP contribution in [-0.4, -0.2) is 48.9 Å². The molecule has 1 spiro atoms. The van der Waals surface area contributed by atoms with E-state index in [-0.39, 0.29) is 5.41 Å². The average molecular weight is 379 g/mol. The lowest BCUT2D eigenvalue weighted by atomic mass is 9.82. The largest absolute Gasteiger partial charge is 0.465 e. The number of amides is 1. The SMILES string of the molecule is CCC(C)c1c[nH]c2ncc(-c3cc4n(n3)CCC43CCN(C(=O)O)C3)cc12. The summed E-state index contributed by atoms with van der Waals surface area (Å²) in [7, 11) is 0. The maximum Gasteiger partial charge on any atom is 0.407 e. The molecule has 0 aromatic carbocycles. The Hall–Kier alpha value is -2.83. The first kappa shape index (κ1) is 17.3. The fourth-order valence-electron chi connectivity index (χ4n) is 4.84. The zero-order valence-electron chi connectivity index (χ0n) is 16.3. The van der Waals surface area contributed by atoms with Crippen LogP contribution in [0.15, 0.2) is 24.5 Å². The van der Waals surface area contributed by atoms with Crippen molar-refractivity contribution < 1.29 is 9.90 Å². The number of aromatic nitrogens is 4. The van der Waals surface area contributed by atoms with Gasteiger partial charge in [0.2, 0.25) is 0 Å². The molecule has 3 aromatic heterocycles. The minimum absolute atomic E-state index is 0.0862. The second-order valence-corrected chi connectivity index (χ2v) is 8.30. The number of rotatable bonds is 3. The van der Waals surface area contributed by atoms with E-state index in [0.717, 1.165) is 48.1 Å². The number of pyridine rings is 1. The number of fused-ring (bicyclic) bond motifs is 3. The molecule has 2 aliphatic heterocycles. The number of carbonyl (C=O) groups is 1. The summed E-state index contributed by atoms with van der Waals surface area (Å²) in [5, 5.41) is 15.3. The molecule has 2 aliphatic rings. The lowest BCUT2D eigenvalue weighted by Crippen LogP contribution is -2.32. The molecule has 1 fully saturated rings. The summed E-state index contributed by atoms with van der Waals surface area (Å²) < 4.78 is 2.07. The van der Waals surface area contributed by atoms with Crippen LogP contribution in [0.4, 0.5) is 4.79 Å². The lowest BCUT2D eigenvalue weighted by Gasteiger charge is -2.21. The predicted octanol–water partition coefficient (Wildman–Crippen LogP) is 3.97. The van der Waals surface area contributed by atoms with Crippen molar-refractivity contribution in [2.45, 2.75) is 51.0 Å². The monoisotopic (exact) mass is 379 g/mol. The number of aromatic amines is 1. The first-order valence-electron chi connectivity index (χ1n) is 10.0. The molecule has 1 saturated heterocycles. The van der Waals surface area contributed by atoms with Crippen molar-refractivity contribution in [2.75, 3.05) is 13.1 Å². The van der Waals surface area contributed by atoms with Gasteiger partial charge in [-0.15, -0.1) is 0 Å². The molecule has 0 saturated carbocycles. The van der Waals surface area contributed by atoms with E-state index in [1.54, 1.807) is 0 Å². The van der Waals surface area contributed by atoms with Crippen molar-refractivity contribution in [3.05, 3.63) is 35.8 Å². The zero-order chi connectivity index (χ0) is 19.5. The standard InChI is InChI=1S/C21H25N5O2/c1-3-13(2)16-11-23-19-15(16)8-14(10-22-19)17-9-18-21(5-7-26(18)24-17)4-6-25(12-21)20(27)28/h8-11,13H,3-7,12H2,1-2H3,(H,22,23)(H,27,28). The summed E-state index contributed by atoms with van der Waals surface area (Å²) in [6, 6.07) is 4.33. The van der Waals surface area contributed by atoms with Gasteiger partial charge in [-0.3, -0.25) is 4.68 Å². The number of aryl methyl sites for hydroxylation is 1. The first-order valence-corrected chi connectivity index (χ1v) is 10.0. The number of likely N-dealkylation sites (tertiary alicyclic amines) is 1. The van der Waals surface area contributed by atoms with Gasteiger partial charge in [-0.25, -0.2) is 9.78 Å². The van der Waals surface area contributed by atoms with E-state index in [1.165, 1.54) is 16.2 Å². The van der Waals surface area contributed by atoms with E-state index >= 15 is 0 Å². The van der Waals surface area contributed by atoms with E-state index in [9.17, 15) is 9.90 Å². The van der Waals surface area contributed by atoms with E-state index in [0.29, 0.717) is 19.0 Å². The second kappa shape index (κ2) is 6.09. The summed E-state index contributed by atoms with van der Waals surface area (Å²) in [6.45, 7) is 6.45.